The summed E-state index contributed by atoms with van der Waals surface area (Å²) in [6, 6.07) is 2.58. The summed E-state index contributed by atoms with van der Waals surface area (Å²) in [5.74, 6) is -1.18. The van der Waals surface area contributed by atoms with Gasteiger partial charge in [-0.05, 0) is 19.3 Å². The number of allylic oxidation sites excluding steroid dienone is 1. The van der Waals surface area contributed by atoms with E-state index in [1.54, 1.807) is 6.08 Å². The minimum Gasteiger partial charge on any atom is -0.544 e. The molecular formula is C15H25NO2. The first kappa shape index (κ1) is 16.7. The molecule has 0 radical (unpaired) electrons. The minimum atomic E-state index is -1.18. The predicted octanol–water partition coefficient (Wildman–Crippen LogP) is 3.16. The molecule has 0 N–H and O–H groups in total. The zero-order valence-corrected chi connectivity index (χ0v) is 11.7. The van der Waals surface area contributed by atoms with Crippen LogP contribution in [0.15, 0.2) is 11.6 Å². The molecule has 0 saturated heterocycles. The number of carboxylic acids is 1. The lowest BCUT2D eigenvalue weighted by molar-refractivity contribution is -0.298. The van der Waals surface area contributed by atoms with Crippen molar-refractivity contribution in [3.05, 3.63) is 16.5 Å². The summed E-state index contributed by atoms with van der Waals surface area (Å²) < 4.78 is 0. The third-order valence-corrected chi connectivity index (χ3v) is 2.70. The van der Waals surface area contributed by atoms with Crippen molar-refractivity contribution in [1.29, 1.82) is 0 Å². The molecule has 0 heterocycles. The van der Waals surface area contributed by atoms with E-state index in [-0.39, 0.29) is 5.57 Å². The van der Waals surface area contributed by atoms with E-state index in [1.165, 1.54) is 19.3 Å². The number of aliphatic carboxylic acids is 1. The SMILES string of the molecule is CCCCCCCC=C(C#[N+]CCCC)C(=O)[O-]. The van der Waals surface area contributed by atoms with Crippen LogP contribution in [0.3, 0.4) is 0 Å². The Morgan fingerprint density at radius 1 is 1.11 bits per heavy atom. The Bertz CT molecular complexity index is 310. The van der Waals surface area contributed by atoms with E-state index < -0.39 is 5.97 Å². The van der Waals surface area contributed by atoms with Crippen molar-refractivity contribution in [3.63, 3.8) is 0 Å². The van der Waals surface area contributed by atoms with Gasteiger partial charge in [0, 0.05) is 6.42 Å². The Morgan fingerprint density at radius 3 is 2.39 bits per heavy atom. The lowest BCUT2D eigenvalue weighted by Gasteiger charge is -1.98. The van der Waals surface area contributed by atoms with E-state index in [9.17, 15) is 9.90 Å². The van der Waals surface area contributed by atoms with E-state index in [4.69, 9.17) is 0 Å². The fraction of sp³-hybridized carbons (Fsp3) is 0.733. The monoisotopic (exact) mass is 251 g/mol. The zero-order chi connectivity index (χ0) is 13.6. The second kappa shape index (κ2) is 12.2. The molecular weight excluding hydrogens is 226 g/mol. The third-order valence-electron chi connectivity index (χ3n) is 2.70. The largest absolute Gasteiger partial charge is 0.544 e. The van der Waals surface area contributed by atoms with Gasteiger partial charge in [0.15, 0.2) is 0 Å². The molecule has 0 aliphatic heterocycles. The number of hydrogen-bond acceptors (Lipinski definition) is 2. The molecule has 18 heavy (non-hydrogen) atoms. The van der Waals surface area contributed by atoms with E-state index in [1.807, 2.05) is 0 Å². The Kier molecular flexibility index (Phi) is 11.3. The Hall–Kier alpha value is -1.30. The predicted molar refractivity (Wildman–Crippen MR) is 73.5 cm³/mol. The second-order valence-electron chi connectivity index (χ2n) is 4.46. The molecule has 0 spiro atoms. The minimum absolute atomic E-state index is 0.0987. The van der Waals surface area contributed by atoms with Gasteiger partial charge in [-0.2, -0.15) is 0 Å². The highest BCUT2D eigenvalue weighted by atomic mass is 16.4. The molecule has 3 nitrogen and oxygen atoms in total. The van der Waals surface area contributed by atoms with Gasteiger partial charge in [-0.1, -0.05) is 50.5 Å². The lowest BCUT2D eigenvalue weighted by atomic mass is 10.1. The van der Waals surface area contributed by atoms with Gasteiger partial charge in [-0.3, -0.25) is 0 Å². The van der Waals surface area contributed by atoms with Crippen LogP contribution in [0.4, 0.5) is 0 Å². The first-order chi connectivity index (χ1) is 8.72. The van der Waals surface area contributed by atoms with Crippen LogP contribution in [0.5, 0.6) is 0 Å². The van der Waals surface area contributed by atoms with E-state index >= 15 is 0 Å². The molecule has 102 valence electrons. The molecule has 3 heteroatoms. The fourth-order valence-corrected chi connectivity index (χ4v) is 1.55. The van der Waals surface area contributed by atoms with Crippen LogP contribution < -0.4 is 5.11 Å². The number of hydrogen-bond donors (Lipinski definition) is 0. The molecule has 0 unspecified atom stereocenters. The molecule has 0 bridgehead atoms. The molecule has 0 aliphatic rings. The van der Waals surface area contributed by atoms with Gasteiger partial charge in [-0.15, -0.1) is 0 Å². The Labute approximate surface area is 111 Å². The number of carboxylic acid groups (broad SMARTS) is 1. The standard InChI is InChI=1S/C15H25NO2/c1-3-5-7-8-9-10-11-14(15(17)18)13-16-12-6-4-2/h11H,3-10,12H2,1-2H3. The quantitative estimate of drug-likeness (QED) is 0.359. The summed E-state index contributed by atoms with van der Waals surface area (Å²) >= 11 is 0. The van der Waals surface area contributed by atoms with Crippen molar-refractivity contribution in [2.75, 3.05) is 6.54 Å². The summed E-state index contributed by atoms with van der Waals surface area (Å²) in [5, 5.41) is 10.8. The van der Waals surface area contributed by atoms with E-state index in [0.29, 0.717) is 6.54 Å². The first-order valence-electron chi connectivity index (χ1n) is 7.06. The zero-order valence-electron chi connectivity index (χ0n) is 11.7. The van der Waals surface area contributed by atoms with Gasteiger partial charge in [0.2, 0.25) is 0 Å². The fourth-order valence-electron chi connectivity index (χ4n) is 1.55. The van der Waals surface area contributed by atoms with Crippen molar-refractivity contribution in [3.8, 4) is 6.07 Å². The average molecular weight is 251 g/mol. The molecule has 0 saturated carbocycles. The van der Waals surface area contributed by atoms with Gasteiger partial charge in [0.1, 0.15) is 5.57 Å². The second-order valence-corrected chi connectivity index (χ2v) is 4.46. The normalized spacial score (nSPS) is 10.9. The van der Waals surface area contributed by atoms with Crippen molar-refractivity contribution >= 4 is 5.97 Å². The molecule has 0 atom stereocenters. The molecule has 0 aromatic carbocycles. The summed E-state index contributed by atoms with van der Waals surface area (Å²) in [6.07, 6.45) is 10.3. The Morgan fingerprint density at radius 2 is 1.78 bits per heavy atom. The molecule has 0 aromatic rings. The molecule has 0 amide bonds. The van der Waals surface area contributed by atoms with Crippen LogP contribution in [-0.2, 0) is 4.79 Å². The number of carbonyl (C=O) groups is 1. The summed E-state index contributed by atoms with van der Waals surface area (Å²) in [5.41, 5.74) is 0.0987. The van der Waals surface area contributed by atoms with Crippen LogP contribution in [0, 0.1) is 6.07 Å². The smallest absolute Gasteiger partial charge is 0.312 e. The third kappa shape index (κ3) is 9.89. The van der Waals surface area contributed by atoms with Gasteiger partial charge in [-0.25, -0.2) is 0 Å². The van der Waals surface area contributed by atoms with Crippen LogP contribution in [0.25, 0.3) is 4.85 Å². The van der Waals surface area contributed by atoms with Crippen molar-refractivity contribution in [2.45, 2.75) is 65.2 Å². The highest BCUT2D eigenvalue weighted by Gasteiger charge is 2.01. The van der Waals surface area contributed by atoms with E-state index in [0.717, 1.165) is 32.1 Å². The molecule has 0 rings (SSSR count). The number of carbonyl (C=O) groups excluding carboxylic acids is 1. The Balaban J connectivity index is 3.99. The summed E-state index contributed by atoms with van der Waals surface area (Å²) in [7, 11) is 0. The van der Waals surface area contributed by atoms with Gasteiger partial charge >= 0.3 is 6.07 Å². The molecule has 0 aromatic heterocycles. The van der Waals surface area contributed by atoms with Gasteiger partial charge in [0.25, 0.3) is 6.54 Å². The van der Waals surface area contributed by atoms with Crippen molar-refractivity contribution in [1.82, 2.24) is 0 Å². The number of rotatable bonds is 9. The highest BCUT2D eigenvalue weighted by Crippen LogP contribution is 2.07. The van der Waals surface area contributed by atoms with Crippen LogP contribution >= 0.6 is 0 Å². The maximum Gasteiger partial charge on any atom is 0.312 e. The first-order valence-corrected chi connectivity index (χ1v) is 7.06. The van der Waals surface area contributed by atoms with Crippen LogP contribution in [-0.4, -0.2) is 12.5 Å². The topological polar surface area (TPSA) is 44.5 Å². The van der Waals surface area contributed by atoms with Crippen molar-refractivity contribution < 1.29 is 9.90 Å². The van der Waals surface area contributed by atoms with Gasteiger partial charge < -0.3 is 9.90 Å². The molecule has 0 aliphatic carbocycles. The maximum atomic E-state index is 10.8. The maximum absolute atomic E-state index is 10.8. The summed E-state index contributed by atoms with van der Waals surface area (Å²) in [6.45, 7) is 4.88. The van der Waals surface area contributed by atoms with Crippen molar-refractivity contribution in [2.24, 2.45) is 0 Å². The average Bonchev–Trinajstić information content (AvgIpc) is 2.35. The summed E-state index contributed by atoms with van der Waals surface area (Å²) in [4.78, 5) is 14.8. The van der Waals surface area contributed by atoms with Crippen LogP contribution in [0.1, 0.15) is 65.2 Å². The van der Waals surface area contributed by atoms with Gasteiger partial charge in [0.05, 0.1) is 5.97 Å². The number of unbranched alkanes of at least 4 members (excludes halogenated alkanes) is 6. The number of nitrogens with zero attached hydrogens (tertiary/aromatic N) is 1. The lowest BCUT2D eigenvalue weighted by Crippen LogP contribution is -2.23. The highest BCUT2D eigenvalue weighted by molar-refractivity contribution is 5.89. The molecule has 0 fully saturated rings. The van der Waals surface area contributed by atoms with Crippen LogP contribution in [0.2, 0.25) is 0 Å². The van der Waals surface area contributed by atoms with E-state index in [2.05, 4.69) is 24.8 Å².